The molecule has 0 aliphatic carbocycles. The third-order valence-electron chi connectivity index (χ3n) is 5.40. The van der Waals surface area contributed by atoms with Crippen LogP contribution < -0.4 is 5.69 Å². The normalized spacial score (nSPS) is 11.8. The van der Waals surface area contributed by atoms with Gasteiger partial charge in [-0.05, 0) is 23.6 Å². The number of aromatic nitrogens is 5. The zero-order chi connectivity index (χ0) is 21.7. The zero-order valence-corrected chi connectivity index (χ0v) is 17.0. The SMILES string of the molecule is CC(C)c1ccc(-c2cc3c4nn(Cc5ccc(F)cc5F)c(=O)n4ccn3n2)cc1. The van der Waals surface area contributed by atoms with Gasteiger partial charge in [0, 0.05) is 29.6 Å². The molecule has 0 saturated heterocycles. The Morgan fingerprint density at radius 1 is 0.968 bits per heavy atom. The first kappa shape index (κ1) is 19.2. The molecule has 5 aromatic rings. The average Bonchev–Trinajstić information content (AvgIpc) is 3.32. The molecule has 2 aromatic carbocycles. The van der Waals surface area contributed by atoms with E-state index in [1.165, 1.54) is 16.0 Å². The Hall–Kier alpha value is -3.81. The van der Waals surface area contributed by atoms with E-state index in [2.05, 4.69) is 36.2 Å². The van der Waals surface area contributed by atoms with E-state index in [1.807, 2.05) is 18.2 Å². The molecule has 0 bridgehead atoms. The molecule has 0 fully saturated rings. The maximum absolute atomic E-state index is 14.0. The maximum atomic E-state index is 14.0. The fourth-order valence-electron chi connectivity index (χ4n) is 3.63. The highest BCUT2D eigenvalue weighted by Crippen LogP contribution is 2.24. The maximum Gasteiger partial charge on any atom is 0.350 e. The van der Waals surface area contributed by atoms with E-state index in [0.29, 0.717) is 17.1 Å². The molecule has 0 saturated carbocycles. The highest BCUT2D eigenvalue weighted by Gasteiger charge is 2.15. The third-order valence-corrected chi connectivity index (χ3v) is 5.40. The lowest BCUT2D eigenvalue weighted by Crippen LogP contribution is -2.22. The van der Waals surface area contributed by atoms with E-state index in [1.54, 1.807) is 16.9 Å². The third kappa shape index (κ3) is 3.30. The topological polar surface area (TPSA) is 56.6 Å². The summed E-state index contributed by atoms with van der Waals surface area (Å²) in [6.07, 6.45) is 3.26. The van der Waals surface area contributed by atoms with Gasteiger partial charge in [0.05, 0.1) is 12.2 Å². The van der Waals surface area contributed by atoms with E-state index < -0.39 is 17.3 Å². The Kier molecular flexibility index (Phi) is 4.43. The summed E-state index contributed by atoms with van der Waals surface area (Å²) >= 11 is 0. The first-order valence-electron chi connectivity index (χ1n) is 9.92. The van der Waals surface area contributed by atoms with Crippen molar-refractivity contribution in [3.63, 3.8) is 0 Å². The summed E-state index contributed by atoms with van der Waals surface area (Å²) in [5, 5.41) is 8.99. The standard InChI is InChI=1S/C23H19F2N5O/c1-14(2)15-3-5-16(6-4-15)20-12-21-22-27-30(13-17-7-8-18(24)11-19(17)25)23(31)28(22)9-10-29(21)26-20/h3-12,14H,13H2,1-2H3. The molecule has 31 heavy (non-hydrogen) atoms. The van der Waals surface area contributed by atoms with Gasteiger partial charge < -0.3 is 0 Å². The minimum Gasteiger partial charge on any atom is -0.247 e. The number of halogens is 2. The molecule has 5 rings (SSSR count). The molecule has 0 unspecified atom stereocenters. The number of hydrogen-bond donors (Lipinski definition) is 0. The summed E-state index contributed by atoms with van der Waals surface area (Å²) in [7, 11) is 0. The van der Waals surface area contributed by atoms with Crippen molar-refractivity contribution in [3.05, 3.63) is 94.2 Å². The molecule has 3 heterocycles. The molecule has 0 aliphatic rings. The van der Waals surface area contributed by atoms with E-state index >= 15 is 0 Å². The van der Waals surface area contributed by atoms with Crippen molar-refractivity contribution in [3.8, 4) is 11.3 Å². The largest absolute Gasteiger partial charge is 0.350 e. The Labute approximate surface area is 176 Å². The van der Waals surface area contributed by atoms with Gasteiger partial charge in [-0.1, -0.05) is 44.2 Å². The Morgan fingerprint density at radius 3 is 2.45 bits per heavy atom. The van der Waals surface area contributed by atoms with Crippen molar-refractivity contribution >= 4 is 11.2 Å². The van der Waals surface area contributed by atoms with Crippen LogP contribution in [0.15, 0.2) is 65.7 Å². The van der Waals surface area contributed by atoms with Crippen LogP contribution in [0.4, 0.5) is 8.78 Å². The minimum absolute atomic E-state index is 0.101. The van der Waals surface area contributed by atoms with Crippen molar-refractivity contribution in [2.75, 3.05) is 0 Å². The average molecular weight is 419 g/mol. The lowest BCUT2D eigenvalue weighted by molar-refractivity contribution is 0.554. The van der Waals surface area contributed by atoms with Crippen molar-refractivity contribution in [1.82, 2.24) is 23.8 Å². The lowest BCUT2D eigenvalue weighted by Gasteiger charge is -2.05. The van der Waals surface area contributed by atoms with Gasteiger partial charge in [-0.15, -0.1) is 5.10 Å². The van der Waals surface area contributed by atoms with E-state index in [9.17, 15) is 13.6 Å². The van der Waals surface area contributed by atoms with Crippen molar-refractivity contribution in [2.45, 2.75) is 26.3 Å². The summed E-state index contributed by atoms with van der Waals surface area (Å²) in [4.78, 5) is 12.8. The smallest absolute Gasteiger partial charge is 0.247 e. The molecule has 0 spiro atoms. The van der Waals surface area contributed by atoms with Crippen molar-refractivity contribution < 1.29 is 8.78 Å². The highest BCUT2D eigenvalue weighted by atomic mass is 19.1. The molecule has 0 radical (unpaired) electrons. The van der Waals surface area contributed by atoms with Gasteiger partial charge >= 0.3 is 5.69 Å². The predicted molar refractivity (Wildman–Crippen MR) is 113 cm³/mol. The van der Waals surface area contributed by atoms with Gasteiger partial charge in [-0.25, -0.2) is 27.2 Å². The van der Waals surface area contributed by atoms with Gasteiger partial charge in [-0.3, -0.25) is 0 Å². The summed E-state index contributed by atoms with van der Waals surface area (Å²) < 4.78 is 31.4. The fourth-order valence-corrected chi connectivity index (χ4v) is 3.63. The van der Waals surface area contributed by atoms with E-state index in [-0.39, 0.29) is 12.1 Å². The van der Waals surface area contributed by atoms with E-state index in [0.717, 1.165) is 28.1 Å². The van der Waals surface area contributed by atoms with Gasteiger partial charge in [0.15, 0.2) is 5.65 Å². The number of rotatable bonds is 4. The van der Waals surface area contributed by atoms with E-state index in [4.69, 9.17) is 0 Å². The monoisotopic (exact) mass is 419 g/mol. The van der Waals surface area contributed by atoms with Gasteiger partial charge in [0.1, 0.15) is 17.2 Å². The fraction of sp³-hybridized carbons (Fsp3) is 0.174. The molecule has 156 valence electrons. The molecule has 6 nitrogen and oxygen atoms in total. The van der Waals surface area contributed by atoms with Crippen LogP contribution in [0.1, 0.15) is 30.9 Å². The molecule has 0 atom stereocenters. The Morgan fingerprint density at radius 2 is 1.74 bits per heavy atom. The molecule has 8 heteroatoms. The van der Waals surface area contributed by atoms with Gasteiger partial charge in [0.25, 0.3) is 0 Å². The second-order valence-electron chi connectivity index (χ2n) is 7.80. The lowest BCUT2D eigenvalue weighted by atomic mass is 10.0. The quantitative estimate of drug-likeness (QED) is 0.437. The van der Waals surface area contributed by atoms with Crippen LogP contribution >= 0.6 is 0 Å². The number of benzene rings is 2. The molecular weight excluding hydrogens is 400 g/mol. The molecule has 0 aliphatic heterocycles. The molecular formula is C23H19F2N5O. The summed E-state index contributed by atoms with van der Waals surface area (Å²) in [5.74, 6) is -0.944. The second kappa shape index (κ2) is 7.16. The van der Waals surface area contributed by atoms with Gasteiger partial charge in [0.2, 0.25) is 0 Å². The zero-order valence-electron chi connectivity index (χ0n) is 17.0. The van der Waals surface area contributed by atoms with Crippen LogP contribution in [0.3, 0.4) is 0 Å². The van der Waals surface area contributed by atoms with Crippen molar-refractivity contribution in [2.24, 2.45) is 0 Å². The Bertz CT molecular complexity index is 1480. The molecule has 0 amide bonds. The van der Waals surface area contributed by atoms with Crippen molar-refractivity contribution in [1.29, 1.82) is 0 Å². The van der Waals surface area contributed by atoms with Crippen LogP contribution in [0, 0.1) is 11.6 Å². The highest BCUT2D eigenvalue weighted by molar-refractivity contribution is 5.76. The van der Waals surface area contributed by atoms with Crippen LogP contribution in [-0.4, -0.2) is 23.8 Å². The summed E-state index contributed by atoms with van der Waals surface area (Å²) in [6.45, 7) is 4.18. The van der Waals surface area contributed by atoms with Crippen LogP contribution in [-0.2, 0) is 6.54 Å². The van der Waals surface area contributed by atoms with Crippen LogP contribution in [0.5, 0.6) is 0 Å². The second-order valence-corrected chi connectivity index (χ2v) is 7.80. The minimum atomic E-state index is -0.717. The number of nitrogens with zero attached hydrogens (tertiary/aromatic N) is 5. The first-order chi connectivity index (χ1) is 14.9. The number of hydrogen-bond acceptors (Lipinski definition) is 3. The number of fused-ring (bicyclic) bond motifs is 3. The Balaban J connectivity index is 1.58. The summed E-state index contributed by atoms with van der Waals surface area (Å²) in [6, 6.07) is 13.3. The van der Waals surface area contributed by atoms with Gasteiger partial charge in [-0.2, -0.15) is 5.10 Å². The predicted octanol–water partition coefficient (Wildman–Crippen LogP) is 4.26. The summed E-state index contributed by atoms with van der Waals surface area (Å²) in [5.41, 5.74) is 3.80. The first-order valence-corrected chi connectivity index (χ1v) is 9.92. The molecule has 3 aromatic heterocycles. The van der Waals surface area contributed by atoms with Crippen LogP contribution in [0.2, 0.25) is 0 Å². The molecule has 0 N–H and O–H groups in total. The van der Waals surface area contributed by atoms with Crippen LogP contribution in [0.25, 0.3) is 22.4 Å².